The number of rotatable bonds is 4. The molecule has 2 aliphatic rings. The van der Waals surface area contributed by atoms with Gasteiger partial charge in [0.25, 0.3) is 5.91 Å². The van der Waals surface area contributed by atoms with Crippen LogP contribution in [0.3, 0.4) is 0 Å². The number of benzene rings is 1. The van der Waals surface area contributed by atoms with Crippen molar-refractivity contribution in [3.05, 3.63) is 41.6 Å². The van der Waals surface area contributed by atoms with E-state index in [0.29, 0.717) is 28.1 Å². The van der Waals surface area contributed by atoms with Gasteiger partial charge in [0.2, 0.25) is 6.79 Å². The van der Waals surface area contributed by atoms with Crippen LogP contribution >= 0.6 is 11.8 Å². The fraction of sp³-hybridized carbons (Fsp3) is 0.188. The Bertz CT molecular complexity index is 770. The van der Waals surface area contributed by atoms with E-state index in [1.807, 2.05) is 6.07 Å². The number of nitrogens with zero attached hydrogens (tertiary/aromatic N) is 1. The number of carbonyl (C=O) groups is 2. The third-order valence-electron chi connectivity index (χ3n) is 3.15. The van der Waals surface area contributed by atoms with Crippen molar-refractivity contribution in [1.82, 2.24) is 5.32 Å². The van der Waals surface area contributed by atoms with E-state index in [0.717, 1.165) is 5.56 Å². The number of amidine groups is 1. The molecule has 7 nitrogen and oxygen atoms in total. The normalized spacial score (nSPS) is 17.3. The number of fused-ring (bicyclic) bond motifs is 1. The zero-order chi connectivity index (χ0) is 16.9. The summed E-state index contributed by atoms with van der Waals surface area (Å²) in [7, 11) is 1.31. The lowest BCUT2D eigenvalue weighted by molar-refractivity contribution is -0.134. The van der Waals surface area contributed by atoms with Crippen LogP contribution < -0.4 is 14.8 Å². The lowest BCUT2D eigenvalue weighted by Gasteiger charge is -1.98. The van der Waals surface area contributed by atoms with Crippen molar-refractivity contribution in [2.24, 2.45) is 4.99 Å². The number of thioether (sulfide) groups is 1. The predicted octanol–water partition coefficient (Wildman–Crippen LogP) is 1.70. The second kappa shape index (κ2) is 7.22. The minimum absolute atomic E-state index is 0.202. The van der Waals surface area contributed by atoms with Gasteiger partial charge in [-0.15, -0.1) is 0 Å². The second-order valence-electron chi connectivity index (χ2n) is 4.75. The first-order chi connectivity index (χ1) is 11.7. The maximum absolute atomic E-state index is 12.0. The molecular formula is C16H14N2O5S. The van der Waals surface area contributed by atoms with Crippen molar-refractivity contribution in [3.63, 3.8) is 0 Å². The number of methoxy groups -OCH3 is 1. The summed E-state index contributed by atoms with van der Waals surface area (Å²) in [4.78, 5) is 27.2. The monoisotopic (exact) mass is 346 g/mol. The van der Waals surface area contributed by atoms with E-state index in [1.165, 1.54) is 24.9 Å². The molecule has 0 fully saturated rings. The molecule has 2 heterocycles. The third-order valence-corrected chi connectivity index (χ3v) is 3.97. The SMILES string of the molecule is COC(=O)/C=C/CSC1=N/C(=C/c2ccc3c(c2)OCO3)C(=O)N1. The quantitative estimate of drug-likeness (QED) is 0.660. The molecular weight excluding hydrogens is 332 g/mol. The van der Waals surface area contributed by atoms with Crippen molar-refractivity contribution in [3.8, 4) is 11.5 Å². The fourth-order valence-electron chi connectivity index (χ4n) is 2.02. The molecule has 124 valence electrons. The molecule has 0 atom stereocenters. The summed E-state index contributed by atoms with van der Waals surface area (Å²) in [6, 6.07) is 5.41. The van der Waals surface area contributed by atoms with Gasteiger partial charge < -0.3 is 14.2 Å². The number of amides is 1. The van der Waals surface area contributed by atoms with Crippen molar-refractivity contribution in [1.29, 1.82) is 0 Å². The minimum Gasteiger partial charge on any atom is -0.466 e. The average Bonchev–Trinajstić information content (AvgIpc) is 3.18. The van der Waals surface area contributed by atoms with Gasteiger partial charge >= 0.3 is 5.97 Å². The number of carbonyl (C=O) groups excluding carboxylic acids is 2. The molecule has 1 N–H and O–H groups in total. The van der Waals surface area contributed by atoms with Crippen LogP contribution in [0, 0.1) is 0 Å². The van der Waals surface area contributed by atoms with Crippen LogP contribution in [-0.4, -0.2) is 36.7 Å². The van der Waals surface area contributed by atoms with Crippen LogP contribution in [-0.2, 0) is 14.3 Å². The van der Waals surface area contributed by atoms with E-state index in [4.69, 9.17) is 9.47 Å². The Kier molecular flexibility index (Phi) is 4.85. The van der Waals surface area contributed by atoms with E-state index in [1.54, 1.807) is 24.3 Å². The molecule has 1 aromatic carbocycles. The van der Waals surface area contributed by atoms with E-state index < -0.39 is 5.97 Å². The van der Waals surface area contributed by atoms with Gasteiger partial charge in [-0.2, -0.15) is 0 Å². The topological polar surface area (TPSA) is 86.2 Å². The second-order valence-corrected chi connectivity index (χ2v) is 5.76. The molecule has 0 aromatic heterocycles. The third kappa shape index (κ3) is 3.77. The molecule has 1 aromatic rings. The van der Waals surface area contributed by atoms with Crippen LogP contribution in [0.4, 0.5) is 0 Å². The summed E-state index contributed by atoms with van der Waals surface area (Å²) in [5.41, 5.74) is 1.11. The highest BCUT2D eigenvalue weighted by Crippen LogP contribution is 2.33. The van der Waals surface area contributed by atoms with E-state index in [-0.39, 0.29) is 12.7 Å². The Morgan fingerprint density at radius 1 is 1.42 bits per heavy atom. The van der Waals surface area contributed by atoms with Crippen molar-refractivity contribution < 1.29 is 23.8 Å². The first-order valence-electron chi connectivity index (χ1n) is 7.04. The Balaban J connectivity index is 1.65. The highest BCUT2D eigenvalue weighted by Gasteiger charge is 2.20. The van der Waals surface area contributed by atoms with Gasteiger partial charge in [-0.25, -0.2) is 9.79 Å². The molecule has 0 aliphatic carbocycles. The van der Waals surface area contributed by atoms with E-state index in [2.05, 4.69) is 15.0 Å². The zero-order valence-corrected chi connectivity index (χ0v) is 13.6. The highest BCUT2D eigenvalue weighted by atomic mass is 32.2. The molecule has 0 unspecified atom stereocenters. The minimum atomic E-state index is -0.420. The number of aliphatic imine (C=N–C) groups is 1. The fourth-order valence-corrected chi connectivity index (χ4v) is 2.69. The average molecular weight is 346 g/mol. The Hall–Kier alpha value is -2.74. The summed E-state index contributed by atoms with van der Waals surface area (Å²) in [6.45, 7) is 0.202. The molecule has 1 amide bonds. The van der Waals surface area contributed by atoms with Gasteiger partial charge in [0, 0.05) is 11.8 Å². The predicted molar refractivity (Wildman–Crippen MR) is 89.7 cm³/mol. The van der Waals surface area contributed by atoms with Crippen LogP contribution in [0.5, 0.6) is 11.5 Å². The van der Waals surface area contributed by atoms with Gasteiger partial charge in [-0.3, -0.25) is 10.1 Å². The molecule has 24 heavy (non-hydrogen) atoms. The Morgan fingerprint density at radius 2 is 2.25 bits per heavy atom. The molecule has 3 rings (SSSR count). The smallest absolute Gasteiger partial charge is 0.330 e. The molecule has 0 spiro atoms. The highest BCUT2D eigenvalue weighted by molar-refractivity contribution is 8.14. The van der Waals surface area contributed by atoms with E-state index >= 15 is 0 Å². The summed E-state index contributed by atoms with van der Waals surface area (Å²) >= 11 is 1.31. The van der Waals surface area contributed by atoms with Gasteiger partial charge in [0.15, 0.2) is 16.7 Å². The molecule has 0 bridgehead atoms. The number of ether oxygens (including phenoxy) is 3. The molecule has 2 aliphatic heterocycles. The molecule has 0 radical (unpaired) electrons. The Labute approximate surface area is 142 Å². The largest absolute Gasteiger partial charge is 0.466 e. The van der Waals surface area contributed by atoms with Gasteiger partial charge in [-0.05, 0) is 23.8 Å². The van der Waals surface area contributed by atoms with Crippen LogP contribution in [0.15, 0.2) is 41.0 Å². The van der Waals surface area contributed by atoms with Crippen molar-refractivity contribution in [2.45, 2.75) is 0 Å². The maximum atomic E-state index is 12.0. The lowest BCUT2D eigenvalue weighted by atomic mass is 10.1. The Morgan fingerprint density at radius 3 is 3.08 bits per heavy atom. The molecule has 0 saturated heterocycles. The van der Waals surface area contributed by atoms with Crippen LogP contribution in [0.25, 0.3) is 6.08 Å². The maximum Gasteiger partial charge on any atom is 0.330 e. The van der Waals surface area contributed by atoms with Crippen molar-refractivity contribution in [2.75, 3.05) is 19.7 Å². The number of hydrogen-bond acceptors (Lipinski definition) is 7. The van der Waals surface area contributed by atoms with Crippen LogP contribution in [0.1, 0.15) is 5.56 Å². The van der Waals surface area contributed by atoms with Crippen LogP contribution in [0.2, 0.25) is 0 Å². The van der Waals surface area contributed by atoms with Gasteiger partial charge in [0.1, 0.15) is 5.70 Å². The lowest BCUT2D eigenvalue weighted by Crippen LogP contribution is -2.21. The first kappa shape index (κ1) is 16.1. The first-order valence-corrected chi connectivity index (χ1v) is 8.03. The summed E-state index contributed by atoms with van der Waals surface area (Å²) in [5, 5.41) is 3.17. The standard InChI is InChI=1S/C16H14N2O5S/c1-21-14(19)3-2-6-24-16-17-11(15(20)18-16)7-10-4-5-12-13(8-10)23-9-22-12/h2-5,7-8H,6,9H2,1H3,(H,17,18,20)/b3-2+,11-7+. The summed E-state index contributed by atoms with van der Waals surface area (Å²) < 4.78 is 15.0. The number of nitrogens with one attached hydrogen (secondary N) is 1. The van der Waals surface area contributed by atoms with E-state index in [9.17, 15) is 9.59 Å². The zero-order valence-electron chi connectivity index (χ0n) is 12.8. The van der Waals surface area contributed by atoms with Gasteiger partial charge in [0.05, 0.1) is 7.11 Å². The molecule has 8 heteroatoms. The molecule has 0 saturated carbocycles. The summed E-state index contributed by atoms with van der Waals surface area (Å²) in [6.07, 6.45) is 4.65. The number of hydrogen-bond donors (Lipinski definition) is 1. The number of esters is 1. The van der Waals surface area contributed by atoms with Gasteiger partial charge in [-0.1, -0.05) is 23.9 Å². The summed E-state index contributed by atoms with van der Waals surface area (Å²) in [5.74, 6) is 1.13. The van der Waals surface area contributed by atoms with Crippen molar-refractivity contribution >= 4 is 34.9 Å².